The Morgan fingerprint density at radius 2 is 2.15 bits per heavy atom. The van der Waals surface area contributed by atoms with Gasteiger partial charge in [-0.15, -0.1) is 10.2 Å². The lowest BCUT2D eigenvalue weighted by Gasteiger charge is -2.02. The third kappa shape index (κ3) is 1.69. The normalized spacial score (nSPS) is 10.0. The number of carboxylic acids is 1. The predicted octanol–water partition coefficient (Wildman–Crippen LogP) is -0.405. The molecule has 70 valence electrons. The Hall–Kier alpha value is -1.37. The van der Waals surface area contributed by atoms with Crippen molar-refractivity contribution in [2.75, 3.05) is 6.26 Å². The van der Waals surface area contributed by atoms with Crippen molar-refractivity contribution in [2.45, 2.75) is 5.16 Å². The zero-order valence-corrected chi connectivity index (χ0v) is 7.83. The summed E-state index contributed by atoms with van der Waals surface area (Å²) in [7, 11) is 1.45. The molecule has 0 unspecified atom stereocenters. The van der Waals surface area contributed by atoms with Crippen molar-refractivity contribution in [1.29, 1.82) is 0 Å². The molecule has 0 aliphatic rings. The summed E-state index contributed by atoms with van der Waals surface area (Å²) in [5, 5.41) is 15.8. The van der Waals surface area contributed by atoms with Gasteiger partial charge < -0.3 is 5.11 Å². The first-order valence-electron chi connectivity index (χ1n) is 3.29. The van der Waals surface area contributed by atoms with Gasteiger partial charge in [-0.05, 0) is 6.26 Å². The molecule has 0 spiro atoms. The van der Waals surface area contributed by atoms with Gasteiger partial charge >= 0.3 is 5.97 Å². The molecule has 0 aliphatic heterocycles. The standard InChI is InChI=1S/C6H7N3O3S/c1-9-4(10)3(5(11)12)7-8-6(9)13-2/h1-2H3,(H,11,12). The van der Waals surface area contributed by atoms with E-state index in [1.807, 2.05) is 0 Å². The Labute approximate surface area is 77.6 Å². The summed E-state index contributed by atoms with van der Waals surface area (Å²) in [6.07, 6.45) is 1.73. The van der Waals surface area contributed by atoms with Crippen LogP contribution in [0.4, 0.5) is 0 Å². The topological polar surface area (TPSA) is 85.1 Å². The van der Waals surface area contributed by atoms with Gasteiger partial charge in [-0.3, -0.25) is 9.36 Å². The average Bonchev–Trinajstić information content (AvgIpc) is 2.09. The molecule has 0 radical (unpaired) electrons. The van der Waals surface area contributed by atoms with Crippen LogP contribution in [0.3, 0.4) is 0 Å². The van der Waals surface area contributed by atoms with Gasteiger partial charge in [-0.1, -0.05) is 11.8 Å². The summed E-state index contributed by atoms with van der Waals surface area (Å²) in [5.74, 6) is -1.36. The number of hydrogen-bond acceptors (Lipinski definition) is 5. The number of aromatic carboxylic acids is 1. The van der Waals surface area contributed by atoms with Crippen LogP contribution in [-0.4, -0.2) is 32.1 Å². The second-order valence-electron chi connectivity index (χ2n) is 2.20. The lowest BCUT2D eigenvalue weighted by atomic mass is 10.5. The Balaban J connectivity index is 3.40. The van der Waals surface area contributed by atoms with Gasteiger partial charge in [0.05, 0.1) is 0 Å². The lowest BCUT2D eigenvalue weighted by molar-refractivity contribution is 0.0685. The Bertz CT molecular complexity index is 401. The Morgan fingerprint density at radius 1 is 1.54 bits per heavy atom. The largest absolute Gasteiger partial charge is 0.476 e. The first kappa shape index (κ1) is 9.72. The molecule has 1 aromatic heterocycles. The van der Waals surface area contributed by atoms with Crippen LogP contribution >= 0.6 is 11.8 Å². The van der Waals surface area contributed by atoms with Crippen LogP contribution in [0.15, 0.2) is 9.95 Å². The molecule has 6 nitrogen and oxygen atoms in total. The smallest absolute Gasteiger partial charge is 0.362 e. The first-order valence-corrected chi connectivity index (χ1v) is 4.51. The molecule has 0 atom stereocenters. The zero-order chi connectivity index (χ0) is 10.0. The molecule has 0 amide bonds. The van der Waals surface area contributed by atoms with E-state index in [0.29, 0.717) is 5.16 Å². The van der Waals surface area contributed by atoms with E-state index in [1.54, 1.807) is 6.26 Å². The van der Waals surface area contributed by atoms with Crippen molar-refractivity contribution in [2.24, 2.45) is 7.05 Å². The van der Waals surface area contributed by atoms with Crippen molar-refractivity contribution in [3.8, 4) is 0 Å². The molecule has 1 aromatic rings. The summed E-state index contributed by atoms with van der Waals surface area (Å²) >= 11 is 1.23. The third-order valence-electron chi connectivity index (χ3n) is 1.41. The van der Waals surface area contributed by atoms with Crippen LogP contribution in [0, 0.1) is 0 Å². The first-order chi connectivity index (χ1) is 6.07. The summed E-state index contributed by atoms with van der Waals surface area (Å²) in [4.78, 5) is 21.7. The highest BCUT2D eigenvalue weighted by molar-refractivity contribution is 7.98. The van der Waals surface area contributed by atoms with Crippen LogP contribution < -0.4 is 5.56 Å². The van der Waals surface area contributed by atoms with Crippen LogP contribution in [-0.2, 0) is 7.05 Å². The number of thioether (sulfide) groups is 1. The predicted molar refractivity (Wildman–Crippen MR) is 46.0 cm³/mol. The van der Waals surface area contributed by atoms with E-state index >= 15 is 0 Å². The van der Waals surface area contributed by atoms with Gasteiger partial charge in [-0.2, -0.15) is 0 Å². The van der Waals surface area contributed by atoms with Gasteiger partial charge in [0.15, 0.2) is 5.16 Å². The molecule has 13 heavy (non-hydrogen) atoms. The fraction of sp³-hybridized carbons (Fsp3) is 0.333. The second-order valence-corrected chi connectivity index (χ2v) is 2.98. The zero-order valence-electron chi connectivity index (χ0n) is 7.01. The van der Waals surface area contributed by atoms with E-state index in [-0.39, 0.29) is 0 Å². The molecule has 0 saturated carbocycles. The average molecular weight is 201 g/mol. The number of carbonyl (C=O) groups is 1. The van der Waals surface area contributed by atoms with Gasteiger partial charge in [0, 0.05) is 7.05 Å². The number of carboxylic acid groups (broad SMARTS) is 1. The van der Waals surface area contributed by atoms with E-state index < -0.39 is 17.2 Å². The molecule has 1 N–H and O–H groups in total. The molecular formula is C6H7N3O3S. The summed E-state index contributed by atoms with van der Waals surface area (Å²) in [6, 6.07) is 0. The highest BCUT2D eigenvalue weighted by Crippen LogP contribution is 2.05. The minimum absolute atomic E-state index is 0.384. The van der Waals surface area contributed by atoms with Crippen LogP contribution in [0.1, 0.15) is 10.5 Å². The minimum atomic E-state index is -1.36. The number of nitrogens with zero attached hydrogens (tertiary/aromatic N) is 3. The maximum atomic E-state index is 11.3. The van der Waals surface area contributed by atoms with E-state index in [1.165, 1.54) is 18.8 Å². The Kier molecular flexibility index (Phi) is 2.66. The number of rotatable bonds is 2. The summed E-state index contributed by atoms with van der Waals surface area (Å²) < 4.78 is 1.15. The van der Waals surface area contributed by atoms with Crippen LogP contribution in [0.25, 0.3) is 0 Å². The van der Waals surface area contributed by atoms with Crippen LogP contribution in [0.2, 0.25) is 0 Å². The molecule has 0 aromatic carbocycles. The SMILES string of the molecule is CSc1nnc(C(=O)O)c(=O)n1C. The molecule has 0 bridgehead atoms. The lowest BCUT2D eigenvalue weighted by Crippen LogP contribution is -2.28. The van der Waals surface area contributed by atoms with Crippen molar-refractivity contribution >= 4 is 17.7 Å². The molecule has 1 heterocycles. The fourth-order valence-electron chi connectivity index (χ4n) is 0.760. The van der Waals surface area contributed by atoms with E-state index in [2.05, 4.69) is 10.2 Å². The summed E-state index contributed by atoms with van der Waals surface area (Å²) in [5.41, 5.74) is -1.20. The molecule has 7 heteroatoms. The molecule has 1 rings (SSSR count). The van der Waals surface area contributed by atoms with E-state index in [9.17, 15) is 9.59 Å². The Morgan fingerprint density at radius 3 is 2.62 bits per heavy atom. The molecule has 0 saturated heterocycles. The second kappa shape index (κ2) is 3.56. The van der Waals surface area contributed by atoms with Crippen molar-refractivity contribution < 1.29 is 9.90 Å². The fourth-order valence-corrected chi connectivity index (χ4v) is 1.24. The van der Waals surface area contributed by atoms with Crippen LogP contribution in [0.5, 0.6) is 0 Å². The van der Waals surface area contributed by atoms with Crippen molar-refractivity contribution in [3.05, 3.63) is 16.0 Å². The van der Waals surface area contributed by atoms with E-state index in [0.717, 1.165) is 4.57 Å². The summed E-state index contributed by atoms with van der Waals surface area (Å²) in [6.45, 7) is 0. The molecule has 0 fully saturated rings. The number of hydrogen-bond donors (Lipinski definition) is 1. The van der Waals surface area contributed by atoms with Crippen molar-refractivity contribution in [1.82, 2.24) is 14.8 Å². The maximum Gasteiger partial charge on any atom is 0.362 e. The quantitative estimate of drug-likeness (QED) is 0.655. The van der Waals surface area contributed by atoms with Gasteiger partial charge in [0.1, 0.15) is 0 Å². The highest BCUT2D eigenvalue weighted by Gasteiger charge is 2.14. The minimum Gasteiger partial charge on any atom is -0.476 e. The van der Waals surface area contributed by atoms with Gasteiger partial charge in [-0.25, -0.2) is 4.79 Å². The van der Waals surface area contributed by atoms with Crippen molar-refractivity contribution in [3.63, 3.8) is 0 Å². The van der Waals surface area contributed by atoms with Gasteiger partial charge in [0.25, 0.3) is 5.56 Å². The van der Waals surface area contributed by atoms with E-state index in [4.69, 9.17) is 5.11 Å². The third-order valence-corrected chi connectivity index (χ3v) is 2.14. The highest BCUT2D eigenvalue weighted by atomic mass is 32.2. The monoisotopic (exact) mass is 201 g/mol. The van der Waals surface area contributed by atoms with Gasteiger partial charge in [0.2, 0.25) is 5.69 Å². The number of aromatic nitrogens is 3. The maximum absolute atomic E-state index is 11.3. The molecule has 0 aliphatic carbocycles. The molecular weight excluding hydrogens is 194 g/mol.